The SMILES string of the molecule is Cc1cc(C(=O)Nc2ccc(-n3c(-c4cccnc4N)nc4ccc(-c5ccccc5)nc43)cn2)c(F)cc1C(=O)O. The summed E-state index contributed by atoms with van der Waals surface area (Å²) >= 11 is 0. The molecule has 42 heavy (non-hydrogen) atoms. The number of benzene rings is 2. The van der Waals surface area contributed by atoms with Gasteiger partial charge in [0.25, 0.3) is 5.91 Å². The van der Waals surface area contributed by atoms with Crippen molar-refractivity contribution < 1.29 is 19.1 Å². The van der Waals surface area contributed by atoms with Gasteiger partial charge < -0.3 is 16.2 Å². The van der Waals surface area contributed by atoms with Crippen LogP contribution in [0.25, 0.3) is 39.5 Å². The molecule has 10 nitrogen and oxygen atoms in total. The lowest BCUT2D eigenvalue weighted by atomic mass is 10.0. The maximum absolute atomic E-state index is 14.6. The number of carboxylic acid groups (broad SMARTS) is 1. The number of nitrogens with zero attached hydrogens (tertiary/aromatic N) is 5. The fourth-order valence-corrected chi connectivity index (χ4v) is 4.62. The van der Waals surface area contributed by atoms with Gasteiger partial charge in [0.05, 0.1) is 34.3 Å². The van der Waals surface area contributed by atoms with E-state index in [1.165, 1.54) is 19.2 Å². The molecule has 0 aliphatic carbocycles. The normalized spacial score (nSPS) is 11.0. The topological polar surface area (TPSA) is 149 Å². The molecule has 206 valence electrons. The zero-order valence-electron chi connectivity index (χ0n) is 22.1. The van der Waals surface area contributed by atoms with E-state index in [1.54, 1.807) is 29.0 Å². The number of aryl methyl sites for hydroxylation is 1. The second-order valence-corrected chi connectivity index (χ2v) is 9.42. The van der Waals surface area contributed by atoms with E-state index in [-0.39, 0.29) is 22.5 Å². The quantitative estimate of drug-likeness (QED) is 0.241. The van der Waals surface area contributed by atoms with Gasteiger partial charge in [0.2, 0.25) is 0 Å². The first-order chi connectivity index (χ1) is 20.3. The fraction of sp³-hybridized carbons (Fsp3) is 0.0323. The van der Waals surface area contributed by atoms with Gasteiger partial charge in [-0.05, 0) is 61.0 Å². The van der Waals surface area contributed by atoms with Crippen molar-refractivity contribution in [2.24, 2.45) is 0 Å². The molecule has 0 spiro atoms. The van der Waals surface area contributed by atoms with Crippen LogP contribution in [0.15, 0.2) is 91.3 Å². The van der Waals surface area contributed by atoms with Crippen LogP contribution in [0, 0.1) is 12.7 Å². The molecular formula is C31H22FN7O3. The Bertz CT molecular complexity index is 1990. The molecule has 0 bridgehead atoms. The Balaban J connectivity index is 1.40. The second-order valence-electron chi connectivity index (χ2n) is 9.42. The largest absolute Gasteiger partial charge is 0.478 e. The van der Waals surface area contributed by atoms with Crippen LogP contribution in [0.3, 0.4) is 0 Å². The molecule has 0 aliphatic heterocycles. The second kappa shape index (κ2) is 10.5. The van der Waals surface area contributed by atoms with Crippen molar-refractivity contribution in [3.05, 3.63) is 114 Å². The first kappa shape index (κ1) is 26.3. The lowest BCUT2D eigenvalue weighted by Gasteiger charge is -2.12. The third-order valence-corrected chi connectivity index (χ3v) is 6.69. The molecular weight excluding hydrogens is 537 g/mol. The average Bonchev–Trinajstić information content (AvgIpc) is 3.37. The van der Waals surface area contributed by atoms with Gasteiger partial charge >= 0.3 is 5.97 Å². The molecule has 0 atom stereocenters. The Labute approximate surface area is 238 Å². The van der Waals surface area contributed by atoms with Crippen LogP contribution >= 0.6 is 0 Å². The van der Waals surface area contributed by atoms with Crippen LogP contribution in [0.4, 0.5) is 16.0 Å². The number of halogens is 1. The Morgan fingerprint density at radius 3 is 2.45 bits per heavy atom. The number of pyridine rings is 3. The highest BCUT2D eigenvalue weighted by Gasteiger charge is 2.20. The van der Waals surface area contributed by atoms with E-state index in [2.05, 4.69) is 15.3 Å². The maximum Gasteiger partial charge on any atom is 0.336 e. The lowest BCUT2D eigenvalue weighted by Crippen LogP contribution is -2.16. The Morgan fingerprint density at radius 2 is 1.74 bits per heavy atom. The summed E-state index contributed by atoms with van der Waals surface area (Å²) in [6.45, 7) is 1.49. The minimum Gasteiger partial charge on any atom is -0.478 e. The minimum atomic E-state index is -1.28. The summed E-state index contributed by atoms with van der Waals surface area (Å²) in [7, 11) is 0. The molecule has 6 rings (SSSR count). The zero-order chi connectivity index (χ0) is 29.4. The summed E-state index contributed by atoms with van der Waals surface area (Å²) in [5, 5.41) is 11.8. The highest BCUT2D eigenvalue weighted by Crippen LogP contribution is 2.31. The van der Waals surface area contributed by atoms with Gasteiger partial charge in [-0.15, -0.1) is 0 Å². The molecule has 0 radical (unpaired) electrons. The molecule has 4 heterocycles. The van der Waals surface area contributed by atoms with Gasteiger partial charge in [-0.3, -0.25) is 9.36 Å². The highest BCUT2D eigenvalue weighted by atomic mass is 19.1. The van der Waals surface area contributed by atoms with Crippen LogP contribution in [0.1, 0.15) is 26.3 Å². The number of nitrogens with one attached hydrogen (secondary N) is 1. The summed E-state index contributed by atoms with van der Waals surface area (Å²) in [6, 6.07) is 22.4. The number of aromatic carboxylic acids is 1. The number of anilines is 2. The minimum absolute atomic E-state index is 0.160. The number of imidazole rings is 1. The first-order valence-electron chi connectivity index (χ1n) is 12.8. The number of carbonyl (C=O) groups excluding carboxylic acids is 1. The molecule has 0 fully saturated rings. The van der Waals surface area contributed by atoms with Gasteiger partial charge in [-0.1, -0.05) is 30.3 Å². The third-order valence-electron chi connectivity index (χ3n) is 6.69. The van der Waals surface area contributed by atoms with Crippen LogP contribution in [-0.2, 0) is 0 Å². The van der Waals surface area contributed by atoms with E-state index in [4.69, 9.17) is 15.7 Å². The van der Waals surface area contributed by atoms with E-state index >= 15 is 0 Å². The number of aromatic nitrogens is 5. The Kier molecular flexibility index (Phi) is 6.59. The number of amides is 1. The molecule has 2 aromatic carbocycles. The van der Waals surface area contributed by atoms with Crippen molar-refractivity contribution in [3.8, 4) is 28.3 Å². The Morgan fingerprint density at radius 1 is 0.929 bits per heavy atom. The fourth-order valence-electron chi connectivity index (χ4n) is 4.62. The van der Waals surface area contributed by atoms with E-state index < -0.39 is 17.7 Å². The number of carbonyl (C=O) groups is 2. The molecule has 6 aromatic rings. The zero-order valence-corrected chi connectivity index (χ0v) is 22.1. The third kappa shape index (κ3) is 4.79. The first-order valence-corrected chi connectivity index (χ1v) is 12.8. The van der Waals surface area contributed by atoms with Crippen molar-refractivity contribution in [1.29, 1.82) is 0 Å². The van der Waals surface area contributed by atoms with Crippen molar-refractivity contribution in [1.82, 2.24) is 24.5 Å². The van der Waals surface area contributed by atoms with Gasteiger partial charge in [0, 0.05) is 11.8 Å². The standard InChI is InChI=1S/C31H22FN7O3/c1-17-14-22(23(32)15-21(17)31(41)42)30(40)38-26-12-9-19(16-35-26)39-28(20-8-5-13-34-27(20)33)37-25-11-10-24(36-29(25)39)18-6-3-2-4-7-18/h2-16H,1H3,(H2,33,34)(H,41,42)(H,35,38,40). The van der Waals surface area contributed by atoms with Crippen molar-refractivity contribution >= 4 is 34.7 Å². The monoisotopic (exact) mass is 559 g/mol. The average molecular weight is 560 g/mol. The van der Waals surface area contributed by atoms with Gasteiger partial charge in [0.15, 0.2) is 11.5 Å². The predicted octanol–water partition coefficient (Wildman–Crippen LogP) is 5.52. The predicted molar refractivity (Wildman–Crippen MR) is 156 cm³/mol. The van der Waals surface area contributed by atoms with Crippen LogP contribution in [0.5, 0.6) is 0 Å². The van der Waals surface area contributed by atoms with Crippen LogP contribution in [0.2, 0.25) is 0 Å². The number of fused-ring (bicyclic) bond motifs is 1. The van der Waals surface area contributed by atoms with Gasteiger partial charge in [0.1, 0.15) is 23.0 Å². The van der Waals surface area contributed by atoms with Crippen molar-refractivity contribution in [2.45, 2.75) is 6.92 Å². The summed E-state index contributed by atoms with van der Waals surface area (Å²) < 4.78 is 16.4. The number of nitrogen functional groups attached to an aromatic ring is 1. The number of hydrogen-bond donors (Lipinski definition) is 3. The molecule has 0 saturated carbocycles. The highest BCUT2D eigenvalue weighted by molar-refractivity contribution is 6.05. The van der Waals surface area contributed by atoms with Crippen LogP contribution < -0.4 is 11.1 Å². The summed E-state index contributed by atoms with van der Waals surface area (Å²) in [5.41, 5.74) is 10.0. The molecule has 11 heteroatoms. The molecule has 0 saturated heterocycles. The number of hydrogen-bond acceptors (Lipinski definition) is 7. The van der Waals surface area contributed by atoms with Gasteiger partial charge in [-0.25, -0.2) is 29.1 Å². The van der Waals surface area contributed by atoms with Crippen LogP contribution in [-0.4, -0.2) is 41.5 Å². The molecule has 0 aliphatic rings. The summed E-state index contributed by atoms with van der Waals surface area (Å²) in [5.74, 6) is -2.04. The van der Waals surface area contributed by atoms with E-state index in [9.17, 15) is 19.1 Å². The van der Waals surface area contributed by atoms with Crippen molar-refractivity contribution in [2.75, 3.05) is 11.1 Å². The molecule has 4 N–H and O–H groups in total. The number of nitrogens with two attached hydrogens (primary N) is 1. The smallest absolute Gasteiger partial charge is 0.336 e. The van der Waals surface area contributed by atoms with E-state index in [0.29, 0.717) is 34.1 Å². The lowest BCUT2D eigenvalue weighted by molar-refractivity contribution is 0.0695. The molecule has 1 amide bonds. The number of carboxylic acids is 1. The van der Waals surface area contributed by atoms with Gasteiger partial charge in [-0.2, -0.15) is 0 Å². The number of rotatable bonds is 6. The van der Waals surface area contributed by atoms with Crippen molar-refractivity contribution in [3.63, 3.8) is 0 Å². The maximum atomic E-state index is 14.6. The van der Waals surface area contributed by atoms with E-state index in [0.717, 1.165) is 17.3 Å². The van der Waals surface area contributed by atoms with E-state index in [1.807, 2.05) is 48.5 Å². The Hall–Kier alpha value is -5.97. The molecule has 0 unspecified atom stereocenters. The summed E-state index contributed by atoms with van der Waals surface area (Å²) in [4.78, 5) is 42.4. The summed E-state index contributed by atoms with van der Waals surface area (Å²) in [6.07, 6.45) is 3.12. The molecule has 4 aromatic heterocycles.